The number of fused-ring (bicyclic) bond motifs is 1. The molecule has 0 saturated heterocycles. The summed E-state index contributed by atoms with van der Waals surface area (Å²) >= 11 is 0. The van der Waals surface area contributed by atoms with Gasteiger partial charge in [-0.05, 0) is 62.6 Å². The van der Waals surface area contributed by atoms with Crippen molar-refractivity contribution in [1.29, 1.82) is 0 Å². The number of imidazole rings is 1. The highest BCUT2D eigenvalue weighted by atomic mass is 16.5. The molecule has 1 N–H and O–H groups in total. The molecule has 1 amide bonds. The van der Waals surface area contributed by atoms with E-state index in [4.69, 9.17) is 14.5 Å². The quantitative estimate of drug-likeness (QED) is 0.237. The first-order valence-corrected chi connectivity index (χ1v) is 12.8. The van der Waals surface area contributed by atoms with Crippen LogP contribution in [-0.2, 0) is 13.0 Å². The van der Waals surface area contributed by atoms with E-state index in [1.807, 2.05) is 74.5 Å². The number of ether oxygens (including phenoxy) is 2. The zero-order valence-electron chi connectivity index (χ0n) is 21.2. The molecule has 4 aromatic rings. The van der Waals surface area contributed by atoms with Gasteiger partial charge in [0.1, 0.15) is 12.4 Å². The fourth-order valence-corrected chi connectivity index (χ4v) is 4.37. The summed E-state index contributed by atoms with van der Waals surface area (Å²) < 4.78 is 14.0. The molecule has 0 saturated carbocycles. The van der Waals surface area contributed by atoms with Crippen LogP contribution in [0.5, 0.6) is 11.5 Å². The lowest BCUT2D eigenvalue weighted by atomic mass is 10.1. The molecule has 188 valence electrons. The number of nitrogens with one attached hydrogen (secondary N) is 1. The predicted octanol–water partition coefficient (Wildman–Crippen LogP) is 5.97. The normalized spacial score (nSPS) is 10.9. The van der Waals surface area contributed by atoms with Crippen molar-refractivity contribution < 1.29 is 14.3 Å². The lowest BCUT2D eigenvalue weighted by Gasteiger charge is -2.13. The summed E-state index contributed by atoms with van der Waals surface area (Å²) in [6.45, 7) is 6.46. The SMILES string of the molecule is CCOc1ccccc1OCCn1c(CCCCCNC(=O)c2ccccc2C)nc2ccccc21. The van der Waals surface area contributed by atoms with Gasteiger partial charge in [-0.1, -0.05) is 48.9 Å². The second kappa shape index (κ2) is 12.8. The molecule has 0 aliphatic rings. The molecule has 0 spiro atoms. The average Bonchev–Trinajstić information content (AvgIpc) is 3.24. The van der Waals surface area contributed by atoms with Gasteiger partial charge >= 0.3 is 0 Å². The second-order valence-electron chi connectivity index (χ2n) is 8.78. The van der Waals surface area contributed by atoms with Crippen molar-refractivity contribution in [3.05, 3.63) is 89.7 Å². The largest absolute Gasteiger partial charge is 0.490 e. The Bertz CT molecular complexity index is 1280. The standard InChI is InChI=1S/C30H35N3O3/c1-3-35-27-17-10-11-18-28(27)36-22-21-33-26-16-9-8-15-25(26)32-29(33)19-5-4-12-20-31-30(34)24-14-7-6-13-23(24)2/h6-11,13-18H,3-5,12,19-22H2,1-2H3,(H,31,34). The van der Waals surface area contributed by atoms with Gasteiger partial charge in [0.2, 0.25) is 0 Å². The van der Waals surface area contributed by atoms with Crippen molar-refractivity contribution in [1.82, 2.24) is 14.9 Å². The molecule has 4 rings (SSSR count). The zero-order chi connectivity index (χ0) is 25.2. The number of aromatic nitrogens is 2. The maximum atomic E-state index is 12.4. The monoisotopic (exact) mass is 485 g/mol. The second-order valence-corrected chi connectivity index (χ2v) is 8.78. The molecule has 6 heteroatoms. The number of unbranched alkanes of at least 4 members (excludes halogenated alkanes) is 2. The first-order chi connectivity index (χ1) is 17.7. The number of carbonyl (C=O) groups is 1. The van der Waals surface area contributed by atoms with Crippen molar-refractivity contribution in [2.24, 2.45) is 0 Å². The molecular weight excluding hydrogens is 450 g/mol. The minimum absolute atomic E-state index is 0.000743. The van der Waals surface area contributed by atoms with Crippen LogP contribution in [0.2, 0.25) is 0 Å². The van der Waals surface area contributed by atoms with E-state index in [0.717, 1.165) is 65.2 Å². The molecule has 0 bridgehead atoms. The van der Waals surface area contributed by atoms with E-state index in [1.54, 1.807) is 0 Å². The zero-order valence-corrected chi connectivity index (χ0v) is 21.2. The van der Waals surface area contributed by atoms with Crippen molar-refractivity contribution >= 4 is 16.9 Å². The third kappa shape index (κ3) is 6.45. The highest BCUT2D eigenvalue weighted by Crippen LogP contribution is 2.26. The highest BCUT2D eigenvalue weighted by Gasteiger charge is 2.12. The van der Waals surface area contributed by atoms with Gasteiger partial charge in [0, 0.05) is 18.5 Å². The third-order valence-corrected chi connectivity index (χ3v) is 6.21. The number of hydrogen-bond donors (Lipinski definition) is 1. The Kier molecular flexibility index (Phi) is 8.98. The molecule has 6 nitrogen and oxygen atoms in total. The average molecular weight is 486 g/mol. The molecule has 0 fully saturated rings. The number of benzene rings is 3. The third-order valence-electron chi connectivity index (χ3n) is 6.21. The van der Waals surface area contributed by atoms with Gasteiger partial charge in [-0.2, -0.15) is 0 Å². The topological polar surface area (TPSA) is 65.4 Å². The van der Waals surface area contributed by atoms with Crippen LogP contribution in [0.25, 0.3) is 11.0 Å². The van der Waals surface area contributed by atoms with Crippen LogP contribution in [0.15, 0.2) is 72.8 Å². The van der Waals surface area contributed by atoms with E-state index in [-0.39, 0.29) is 5.91 Å². The van der Waals surface area contributed by atoms with Gasteiger partial charge in [0.25, 0.3) is 5.91 Å². The molecular formula is C30H35N3O3. The van der Waals surface area contributed by atoms with Crippen LogP contribution in [0.4, 0.5) is 0 Å². The van der Waals surface area contributed by atoms with Crippen molar-refractivity contribution in [2.75, 3.05) is 19.8 Å². The summed E-state index contributed by atoms with van der Waals surface area (Å²) in [7, 11) is 0. The van der Waals surface area contributed by atoms with Crippen LogP contribution in [0.1, 0.15) is 47.9 Å². The van der Waals surface area contributed by atoms with Gasteiger partial charge in [-0.3, -0.25) is 4.79 Å². The molecule has 0 aliphatic heterocycles. The number of aryl methyl sites for hydroxylation is 2. The summed E-state index contributed by atoms with van der Waals surface area (Å²) in [4.78, 5) is 17.3. The van der Waals surface area contributed by atoms with Crippen LogP contribution in [-0.4, -0.2) is 35.2 Å². The Morgan fingerprint density at radius 1 is 0.889 bits per heavy atom. The fraction of sp³-hybridized carbons (Fsp3) is 0.333. The summed E-state index contributed by atoms with van der Waals surface area (Å²) in [5, 5.41) is 3.04. The molecule has 0 unspecified atom stereocenters. The van der Waals surface area contributed by atoms with E-state index in [9.17, 15) is 4.79 Å². The fourth-order valence-electron chi connectivity index (χ4n) is 4.37. The highest BCUT2D eigenvalue weighted by molar-refractivity contribution is 5.95. The predicted molar refractivity (Wildman–Crippen MR) is 144 cm³/mol. The lowest BCUT2D eigenvalue weighted by molar-refractivity contribution is 0.0952. The van der Waals surface area contributed by atoms with Gasteiger partial charge in [0.15, 0.2) is 11.5 Å². The summed E-state index contributed by atoms with van der Waals surface area (Å²) in [5.74, 6) is 2.60. The number of rotatable bonds is 13. The van der Waals surface area contributed by atoms with Crippen LogP contribution < -0.4 is 14.8 Å². The minimum Gasteiger partial charge on any atom is -0.490 e. The van der Waals surface area contributed by atoms with Crippen LogP contribution in [0, 0.1) is 6.92 Å². The molecule has 0 radical (unpaired) electrons. The van der Waals surface area contributed by atoms with E-state index in [1.165, 1.54) is 0 Å². The van der Waals surface area contributed by atoms with Crippen LogP contribution >= 0.6 is 0 Å². The van der Waals surface area contributed by atoms with E-state index >= 15 is 0 Å². The van der Waals surface area contributed by atoms with Gasteiger partial charge in [0.05, 0.1) is 24.2 Å². The maximum Gasteiger partial charge on any atom is 0.251 e. The molecule has 0 atom stereocenters. The first kappa shape index (κ1) is 25.3. The molecule has 3 aromatic carbocycles. The lowest BCUT2D eigenvalue weighted by Crippen LogP contribution is -2.25. The summed E-state index contributed by atoms with van der Waals surface area (Å²) in [5.41, 5.74) is 3.88. The number of carbonyl (C=O) groups excluding carboxylic acids is 1. The Morgan fingerprint density at radius 2 is 1.61 bits per heavy atom. The van der Waals surface area contributed by atoms with E-state index in [2.05, 4.69) is 22.0 Å². The van der Waals surface area contributed by atoms with Gasteiger partial charge < -0.3 is 19.4 Å². The number of hydrogen-bond acceptors (Lipinski definition) is 4. The van der Waals surface area contributed by atoms with Crippen molar-refractivity contribution in [3.8, 4) is 11.5 Å². The van der Waals surface area contributed by atoms with Crippen molar-refractivity contribution in [3.63, 3.8) is 0 Å². The van der Waals surface area contributed by atoms with E-state index < -0.39 is 0 Å². The summed E-state index contributed by atoms with van der Waals surface area (Å²) in [6.07, 6.45) is 3.86. The molecule has 1 aromatic heterocycles. The molecule has 36 heavy (non-hydrogen) atoms. The number of para-hydroxylation sites is 4. The van der Waals surface area contributed by atoms with Crippen LogP contribution in [0.3, 0.4) is 0 Å². The minimum atomic E-state index is 0.000743. The number of nitrogens with zero attached hydrogens (tertiary/aromatic N) is 2. The van der Waals surface area contributed by atoms with Gasteiger partial charge in [-0.25, -0.2) is 4.98 Å². The molecule has 1 heterocycles. The Hall–Kier alpha value is -3.80. The molecule has 0 aliphatic carbocycles. The number of amides is 1. The van der Waals surface area contributed by atoms with E-state index in [0.29, 0.717) is 26.3 Å². The maximum absolute atomic E-state index is 12.4. The first-order valence-electron chi connectivity index (χ1n) is 12.8. The Morgan fingerprint density at radius 3 is 2.42 bits per heavy atom. The summed E-state index contributed by atoms with van der Waals surface area (Å²) in [6, 6.07) is 23.7. The smallest absolute Gasteiger partial charge is 0.251 e. The Labute approximate surface area is 213 Å². The van der Waals surface area contributed by atoms with Crippen molar-refractivity contribution in [2.45, 2.75) is 46.1 Å². The Balaban J connectivity index is 1.29. The van der Waals surface area contributed by atoms with Gasteiger partial charge in [-0.15, -0.1) is 0 Å².